The molecule has 6 nitrogen and oxygen atoms in total. The van der Waals surface area contributed by atoms with Crippen molar-refractivity contribution in [3.8, 4) is 5.69 Å². The van der Waals surface area contributed by atoms with Crippen molar-refractivity contribution < 1.29 is 4.79 Å². The molecule has 2 amide bonds. The first kappa shape index (κ1) is 20.9. The third kappa shape index (κ3) is 4.26. The lowest BCUT2D eigenvalue weighted by molar-refractivity contribution is 0.262. The lowest BCUT2D eigenvalue weighted by Crippen LogP contribution is -2.23. The fourth-order valence-electron chi connectivity index (χ4n) is 3.34. The zero-order valence-electron chi connectivity index (χ0n) is 16.7. The molecule has 0 atom stereocenters. The van der Waals surface area contributed by atoms with Gasteiger partial charge in [-0.25, -0.2) is 9.78 Å². The number of hydrogen-bond acceptors (Lipinski definition) is 3. The molecule has 0 aliphatic carbocycles. The first-order valence-electron chi connectivity index (χ1n) is 9.46. The molecule has 2 N–H and O–H groups in total. The summed E-state index contributed by atoms with van der Waals surface area (Å²) in [6.07, 6.45) is 0. The van der Waals surface area contributed by atoms with Gasteiger partial charge in [-0.1, -0.05) is 35.3 Å². The molecule has 0 aliphatic rings. The van der Waals surface area contributed by atoms with Crippen LogP contribution in [0.2, 0.25) is 10.0 Å². The third-order valence-corrected chi connectivity index (χ3v) is 5.39. The number of anilines is 2. The van der Waals surface area contributed by atoms with Crippen molar-refractivity contribution in [3.05, 3.63) is 92.5 Å². The Bertz CT molecular complexity index is 1380. The number of rotatable bonds is 3. The molecule has 0 radical (unpaired) electrons. The van der Waals surface area contributed by atoms with Gasteiger partial charge in [-0.2, -0.15) is 0 Å². The Labute approximate surface area is 188 Å². The lowest BCUT2D eigenvalue weighted by atomic mass is 10.1. The van der Waals surface area contributed by atoms with E-state index in [9.17, 15) is 9.59 Å². The van der Waals surface area contributed by atoms with E-state index in [0.29, 0.717) is 43.8 Å². The van der Waals surface area contributed by atoms with E-state index in [2.05, 4.69) is 15.6 Å². The summed E-state index contributed by atoms with van der Waals surface area (Å²) in [6.45, 7) is 3.64. The number of carbonyl (C=O) groups is 1. The molecule has 8 heteroatoms. The summed E-state index contributed by atoms with van der Waals surface area (Å²) in [6, 6.07) is 17.0. The van der Waals surface area contributed by atoms with Crippen molar-refractivity contribution in [2.75, 3.05) is 10.6 Å². The molecular formula is C23H18Cl2N4O2. The normalized spacial score (nSPS) is 10.8. The highest BCUT2D eigenvalue weighted by Crippen LogP contribution is 2.26. The Hall–Kier alpha value is -3.35. The van der Waals surface area contributed by atoms with Gasteiger partial charge >= 0.3 is 6.03 Å². The zero-order chi connectivity index (χ0) is 22.1. The maximum Gasteiger partial charge on any atom is 0.323 e. The molecule has 1 aromatic heterocycles. The monoisotopic (exact) mass is 452 g/mol. The number of aromatic nitrogens is 2. The minimum absolute atomic E-state index is 0.140. The van der Waals surface area contributed by atoms with Crippen LogP contribution in [0, 0.1) is 13.8 Å². The van der Waals surface area contributed by atoms with E-state index in [1.807, 2.05) is 31.2 Å². The summed E-state index contributed by atoms with van der Waals surface area (Å²) in [5.41, 5.74) is 3.03. The van der Waals surface area contributed by atoms with Gasteiger partial charge in [0.2, 0.25) is 0 Å². The molecule has 3 aromatic carbocycles. The third-order valence-electron chi connectivity index (χ3n) is 4.84. The molecule has 0 aliphatic heterocycles. The number of hydrogen-bond donors (Lipinski definition) is 2. The highest BCUT2D eigenvalue weighted by Gasteiger charge is 2.12. The second-order valence-electron chi connectivity index (χ2n) is 7.02. The molecule has 0 bridgehead atoms. The first-order valence-corrected chi connectivity index (χ1v) is 10.2. The van der Waals surface area contributed by atoms with Crippen LogP contribution >= 0.6 is 23.2 Å². The molecular weight excluding hydrogens is 435 g/mol. The van der Waals surface area contributed by atoms with E-state index in [-0.39, 0.29) is 5.56 Å². The summed E-state index contributed by atoms with van der Waals surface area (Å²) < 4.78 is 1.56. The van der Waals surface area contributed by atoms with Gasteiger partial charge in [0.1, 0.15) is 5.82 Å². The van der Waals surface area contributed by atoms with Gasteiger partial charge in [0.15, 0.2) is 0 Å². The Morgan fingerprint density at radius 2 is 1.65 bits per heavy atom. The molecule has 4 rings (SSSR count). The van der Waals surface area contributed by atoms with E-state index < -0.39 is 6.03 Å². The average Bonchev–Trinajstić information content (AvgIpc) is 2.72. The van der Waals surface area contributed by atoms with Crippen LogP contribution < -0.4 is 16.2 Å². The van der Waals surface area contributed by atoms with E-state index in [1.54, 1.807) is 47.9 Å². The van der Waals surface area contributed by atoms with Crippen LogP contribution in [0.25, 0.3) is 16.6 Å². The van der Waals surface area contributed by atoms with E-state index in [1.165, 1.54) is 0 Å². The number of benzene rings is 3. The Morgan fingerprint density at radius 1 is 0.935 bits per heavy atom. The smallest absolute Gasteiger partial charge is 0.307 e. The molecule has 0 saturated heterocycles. The largest absolute Gasteiger partial charge is 0.323 e. The number of amides is 2. The number of fused-ring (bicyclic) bond motifs is 1. The standard InChI is InChI=1S/C23H18Cl2N4O2/c1-13-11-16(29-14(2)26-20-6-4-3-5-17(20)22(29)30)8-10-19(13)27-23(31)28-21-9-7-15(24)12-18(21)25/h3-12H,1-2H3,(H2,27,28,31). The van der Waals surface area contributed by atoms with Gasteiger partial charge in [0.25, 0.3) is 5.56 Å². The van der Waals surface area contributed by atoms with Gasteiger partial charge in [-0.05, 0) is 67.9 Å². The molecule has 156 valence electrons. The molecule has 0 fully saturated rings. The second kappa shape index (κ2) is 8.41. The van der Waals surface area contributed by atoms with Gasteiger partial charge in [-0.3, -0.25) is 9.36 Å². The summed E-state index contributed by atoms with van der Waals surface area (Å²) in [5, 5.41) is 6.86. The van der Waals surface area contributed by atoms with Crippen LogP contribution in [-0.2, 0) is 0 Å². The molecule has 1 heterocycles. The number of carbonyl (C=O) groups excluding carboxylic acids is 1. The fourth-order valence-corrected chi connectivity index (χ4v) is 3.80. The van der Waals surface area contributed by atoms with E-state index >= 15 is 0 Å². The van der Waals surface area contributed by atoms with E-state index in [4.69, 9.17) is 23.2 Å². The number of para-hydroxylation sites is 1. The van der Waals surface area contributed by atoms with Crippen LogP contribution in [0.3, 0.4) is 0 Å². The number of aryl methyl sites for hydroxylation is 2. The predicted molar refractivity (Wildman–Crippen MR) is 126 cm³/mol. The number of nitrogens with one attached hydrogen (secondary N) is 2. The SMILES string of the molecule is Cc1cc(-n2c(C)nc3ccccc3c2=O)ccc1NC(=O)Nc1ccc(Cl)cc1Cl. The Kier molecular flexibility index (Phi) is 5.67. The predicted octanol–water partition coefficient (Wildman–Crippen LogP) is 5.95. The summed E-state index contributed by atoms with van der Waals surface area (Å²) >= 11 is 12.0. The highest BCUT2D eigenvalue weighted by molar-refractivity contribution is 6.36. The fraction of sp³-hybridized carbons (Fsp3) is 0.0870. The molecule has 0 spiro atoms. The summed E-state index contributed by atoms with van der Waals surface area (Å²) in [4.78, 5) is 29.9. The number of nitrogens with zero attached hydrogens (tertiary/aromatic N) is 2. The van der Waals surface area contributed by atoms with Crippen molar-refractivity contribution in [2.45, 2.75) is 13.8 Å². The van der Waals surface area contributed by atoms with Crippen molar-refractivity contribution in [2.24, 2.45) is 0 Å². The molecule has 4 aromatic rings. The van der Waals surface area contributed by atoms with Crippen LogP contribution in [0.15, 0.2) is 65.5 Å². The second-order valence-corrected chi connectivity index (χ2v) is 7.86. The zero-order valence-corrected chi connectivity index (χ0v) is 18.3. The molecule has 31 heavy (non-hydrogen) atoms. The maximum absolute atomic E-state index is 13.0. The lowest BCUT2D eigenvalue weighted by Gasteiger charge is -2.15. The maximum atomic E-state index is 13.0. The van der Waals surface area contributed by atoms with Crippen LogP contribution in [0.5, 0.6) is 0 Å². The van der Waals surface area contributed by atoms with Crippen LogP contribution in [0.1, 0.15) is 11.4 Å². The van der Waals surface area contributed by atoms with Gasteiger partial charge in [-0.15, -0.1) is 0 Å². The van der Waals surface area contributed by atoms with Crippen molar-refractivity contribution in [3.63, 3.8) is 0 Å². The molecule has 0 saturated carbocycles. The van der Waals surface area contributed by atoms with Crippen molar-refractivity contribution in [1.29, 1.82) is 0 Å². The van der Waals surface area contributed by atoms with Crippen LogP contribution in [0.4, 0.5) is 16.2 Å². The topological polar surface area (TPSA) is 76.0 Å². The number of urea groups is 1. The highest BCUT2D eigenvalue weighted by atomic mass is 35.5. The summed E-state index contributed by atoms with van der Waals surface area (Å²) in [5.74, 6) is 0.582. The van der Waals surface area contributed by atoms with Gasteiger partial charge in [0, 0.05) is 10.7 Å². The van der Waals surface area contributed by atoms with Crippen molar-refractivity contribution in [1.82, 2.24) is 9.55 Å². The van der Waals surface area contributed by atoms with Gasteiger partial charge < -0.3 is 10.6 Å². The Balaban J connectivity index is 1.61. The van der Waals surface area contributed by atoms with Gasteiger partial charge in [0.05, 0.1) is 27.3 Å². The van der Waals surface area contributed by atoms with E-state index in [0.717, 1.165) is 5.56 Å². The van der Waals surface area contributed by atoms with Crippen molar-refractivity contribution >= 4 is 51.5 Å². The minimum atomic E-state index is -0.444. The Morgan fingerprint density at radius 3 is 2.39 bits per heavy atom. The summed E-state index contributed by atoms with van der Waals surface area (Å²) in [7, 11) is 0. The molecule has 0 unspecified atom stereocenters. The van der Waals surface area contributed by atoms with Crippen LogP contribution in [-0.4, -0.2) is 15.6 Å². The first-order chi connectivity index (χ1) is 14.8. The quantitative estimate of drug-likeness (QED) is 0.402. The average molecular weight is 453 g/mol. The number of halogens is 2. The minimum Gasteiger partial charge on any atom is -0.307 e.